The zero-order valence-corrected chi connectivity index (χ0v) is 11.6. The lowest BCUT2D eigenvalue weighted by molar-refractivity contribution is -0.384. The lowest BCUT2D eigenvalue weighted by Gasteiger charge is -2.10. The first-order valence-corrected chi connectivity index (χ1v) is 6.78. The van der Waals surface area contributed by atoms with Crippen molar-refractivity contribution in [3.05, 3.63) is 44.0 Å². The molecule has 0 aliphatic heterocycles. The number of pyridine rings is 1. The molecular formula is C11H11ClN4O2S. The number of nitrogens with one attached hydrogen (secondary N) is 1. The van der Waals surface area contributed by atoms with Crippen molar-refractivity contribution in [3.8, 4) is 0 Å². The van der Waals surface area contributed by atoms with Crippen LogP contribution in [0.15, 0.2) is 23.7 Å². The summed E-state index contributed by atoms with van der Waals surface area (Å²) in [6.45, 7) is 2.49. The summed E-state index contributed by atoms with van der Waals surface area (Å²) < 4.78 is 0. The highest BCUT2D eigenvalue weighted by Crippen LogP contribution is 2.25. The van der Waals surface area contributed by atoms with E-state index in [-0.39, 0.29) is 22.6 Å². The molecule has 0 aliphatic carbocycles. The van der Waals surface area contributed by atoms with Gasteiger partial charge in [-0.2, -0.15) is 0 Å². The molecule has 1 unspecified atom stereocenters. The van der Waals surface area contributed by atoms with Crippen LogP contribution in [0.25, 0.3) is 0 Å². The number of hydrogen-bond acceptors (Lipinski definition) is 6. The number of nitro groups is 1. The van der Waals surface area contributed by atoms with Crippen molar-refractivity contribution in [2.75, 3.05) is 11.9 Å². The summed E-state index contributed by atoms with van der Waals surface area (Å²) in [5, 5.41) is 16.9. The van der Waals surface area contributed by atoms with Gasteiger partial charge in [-0.05, 0) is 6.07 Å². The predicted octanol–water partition coefficient (Wildman–Crippen LogP) is 3.32. The van der Waals surface area contributed by atoms with E-state index in [1.165, 1.54) is 12.1 Å². The molecule has 0 saturated carbocycles. The highest BCUT2D eigenvalue weighted by Gasteiger charge is 2.17. The van der Waals surface area contributed by atoms with Crippen molar-refractivity contribution in [2.45, 2.75) is 12.8 Å². The predicted molar refractivity (Wildman–Crippen MR) is 74.9 cm³/mol. The molecule has 8 heteroatoms. The van der Waals surface area contributed by atoms with Crippen molar-refractivity contribution < 1.29 is 4.92 Å². The Morgan fingerprint density at radius 1 is 1.58 bits per heavy atom. The number of rotatable bonds is 5. The van der Waals surface area contributed by atoms with Crippen LogP contribution in [-0.2, 0) is 0 Å². The summed E-state index contributed by atoms with van der Waals surface area (Å²) in [5.41, 5.74) is -0.0873. The number of halogens is 1. The van der Waals surface area contributed by atoms with Crippen molar-refractivity contribution in [2.24, 2.45) is 0 Å². The van der Waals surface area contributed by atoms with Crippen LogP contribution in [0.2, 0.25) is 5.15 Å². The number of aromatic nitrogens is 2. The number of nitrogens with zero attached hydrogens (tertiary/aromatic N) is 3. The molecule has 2 rings (SSSR count). The molecular weight excluding hydrogens is 288 g/mol. The topological polar surface area (TPSA) is 81.0 Å². The second-order valence-corrected chi connectivity index (χ2v) is 5.22. The maximum atomic E-state index is 10.9. The first-order valence-electron chi connectivity index (χ1n) is 5.52. The van der Waals surface area contributed by atoms with Gasteiger partial charge in [0.05, 0.1) is 9.93 Å². The van der Waals surface area contributed by atoms with Crippen LogP contribution in [0, 0.1) is 10.1 Å². The van der Waals surface area contributed by atoms with Gasteiger partial charge in [-0.25, -0.2) is 9.97 Å². The van der Waals surface area contributed by atoms with Crippen LogP contribution in [0.3, 0.4) is 0 Å². The summed E-state index contributed by atoms with van der Waals surface area (Å²) in [6.07, 6.45) is 1.73. The standard InChI is InChI=1S/C11H11ClN4O2S/c1-7(11-13-4-5-19-11)6-14-10-8(16(17)18)2-3-9(12)15-10/h2-5,7H,6H2,1H3,(H,14,15). The first-order chi connectivity index (χ1) is 9.08. The van der Waals surface area contributed by atoms with Gasteiger partial charge in [-0.1, -0.05) is 18.5 Å². The van der Waals surface area contributed by atoms with Crippen molar-refractivity contribution in [1.29, 1.82) is 0 Å². The second kappa shape index (κ2) is 5.94. The Morgan fingerprint density at radius 3 is 3.00 bits per heavy atom. The summed E-state index contributed by atoms with van der Waals surface area (Å²) >= 11 is 7.30. The maximum absolute atomic E-state index is 10.9. The quantitative estimate of drug-likeness (QED) is 0.520. The number of hydrogen-bond donors (Lipinski definition) is 1. The molecule has 100 valence electrons. The lowest BCUT2D eigenvalue weighted by atomic mass is 10.2. The fraction of sp³-hybridized carbons (Fsp3) is 0.273. The van der Waals surface area contributed by atoms with Gasteiger partial charge in [-0.15, -0.1) is 11.3 Å². The minimum absolute atomic E-state index is 0.0873. The molecule has 2 aromatic rings. The minimum atomic E-state index is -0.486. The normalized spacial score (nSPS) is 12.1. The Hall–Kier alpha value is -1.73. The molecule has 0 spiro atoms. The summed E-state index contributed by atoms with van der Waals surface area (Å²) in [5.74, 6) is 0.321. The number of thiazole rings is 1. The SMILES string of the molecule is CC(CNc1nc(Cl)ccc1[N+](=O)[O-])c1nccs1. The van der Waals surface area contributed by atoms with Gasteiger partial charge in [0, 0.05) is 30.1 Å². The fourth-order valence-corrected chi connectivity index (χ4v) is 2.37. The van der Waals surface area contributed by atoms with Crippen LogP contribution < -0.4 is 5.32 Å². The van der Waals surface area contributed by atoms with Crippen LogP contribution in [0.1, 0.15) is 17.8 Å². The van der Waals surface area contributed by atoms with Gasteiger partial charge < -0.3 is 5.32 Å². The monoisotopic (exact) mass is 298 g/mol. The minimum Gasteiger partial charge on any atom is -0.364 e. The third-order valence-corrected chi connectivity index (χ3v) is 3.70. The second-order valence-electron chi connectivity index (χ2n) is 3.91. The molecule has 2 aromatic heterocycles. The van der Waals surface area contributed by atoms with Crippen molar-refractivity contribution >= 4 is 34.4 Å². The van der Waals surface area contributed by atoms with Crippen molar-refractivity contribution in [3.63, 3.8) is 0 Å². The van der Waals surface area contributed by atoms with Crippen molar-refractivity contribution in [1.82, 2.24) is 9.97 Å². The molecule has 2 heterocycles. The average Bonchev–Trinajstić information content (AvgIpc) is 2.89. The molecule has 6 nitrogen and oxygen atoms in total. The van der Waals surface area contributed by atoms with Gasteiger partial charge >= 0.3 is 5.69 Å². The first kappa shape index (κ1) is 13.7. The van der Waals surface area contributed by atoms with Gasteiger partial charge in [-0.3, -0.25) is 10.1 Å². The maximum Gasteiger partial charge on any atom is 0.311 e. The molecule has 0 aliphatic rings. The Balaban J connectivity index is 2.10. The molecule has 0 radical (unpaired) electrons. The summed E-state index contributed by atoms with van der Waals surface area (Å²) in [6, 6.07) is 2.74. The van der Waals surface area contributed by atoms with E-state index in [4.69, 9.17) is 11.6 Å². The Morgan fingerprint density at radius 2 is 2.37 bits per heavy atom. The van der Waals surface area contributed by atoms with Gasteiger partial charge in [0.1, 0.15) is 5.15 Å². The van der Waals surface area contributed by atoms with Gasteiger partial charge in [0.2, 0.25) is 5.82 Å². The number of anilines is 1. The molecule has 1 N–H and O–H groups in total. The zero-order valence-electron chi connectivity index (χ0n) is 10.0. The van der Waals surface area contributed by atoms with E-state index in [9.17, 15) is 10.1 Å². The van der Waals surface area contributed by atoms with E-state index < -0.39 is 4.92 Å². The van der Waals surface area contributed by atoms with E-state index >= 15 is 0 Å². The Labute approximate surface area is 118 Å². The van der Waals surface area contributed by atoms with Crippen LogP contribution in [0.4, 0.5) is 11.5 Å². The Bertz CT molecular complexity index is 576. The summed E-state index contributed by atoms with van der Waals surface area (Å²) in [4.78, 5) is 18.5. The third-order valence-electron chi connectivity index (χ3n) is 2.49. The lowest BCUT2D eigenvalue weighted by Crippen LogP contribution is -2.12. The Kier molecular flexibility index (Phi) is 4.28. The van der Waals surface area contributed by atoms with Crippen LogP contribution in [-0.4, -0.2) is 21.4 Å². The molecule has 0 saturated heterocycles. The zero-order chi connectivity index (χ0) is 13.8. The fourth-order valence-electron chi connectivity index (χ4n) is 1.52. The van der Waals surface area contributed by atoms with Gasteiger partial charge in [0.25, 0.3) is 0 Å². The van der Waals surface area contributed by atoms with E-state index in [2.05, 4.69) is 15.3 Å². The van der Waals surface area contributed by atoms with Gasteiger partial charge in [0.15, 0.2) is 0 Å². The molecule has 0 bridgehead atoms. The molecule has 19 heavy (non-hydrogen) atoms. The average molecular weight is 299 g/mol. The van der Waals surface area contributed by atoms with E-state index in [0.29, 0.717) is 6.54 Å². The van der Waals surface area contributed by atoms with E-state index in [1.54, 1.807) is 17.5 Å². The van der Waals surface area contributed by atoms with E-state index in [0.717, 1.165) is 5.01 Å². The van der Waals surface area contributed by atoms with Crippen LogP contribution >= 0.6 is 22.9 Å². The molecule has 1 atom stereocenters. The molecule has 0 aromatic carbocycles. The van der Waals surface area contributed by atoms with Crippen LogP contribution in [0.5, 0.6) is 0 Å². The van der Waals surface area contributed by atoms with E-state index in [1.807, 2.05) is 12.3 Å². The highest BCUT2D eigenvalue weighted by atomic mass is 35.5. The highest BCUT2D eigenvalue weighted by molar-refractivity contribution is 7.09. The largest absolute Gasteiger partial charge is 0.364 e. The summed E-state index contributed by atoms with van der Waals surface area (Å²) in [7, 11) is 0. The molecule has 0 fully saturated rings. The smallest absolute Gasteiger partial charge is 0.311 e. The molecule has 0 amide bonds. The third kappa shape index (κ3) is 3.39.